The zero-order chi connectivity index (χ0) is 22.9. The number of aromatic nitrogens is 1. The second kappa shape index (κ2) is 8.67. The van der Waals surface area contributed by atoms with Crippen molar-refractivity contribution in [3.05, 3.63) is 83.9 Å². The molecule has 1 aliphatic heterocycles. The van der Waals surface area contributed by atoms with Gasteiger partial charge in [0.2, 0.25) is 5.91 Å². The molecule has 7 heteroatoms. The van der Waals surface area contributed by atoms with Gasteiger partial charge in [-0.1, -0.05) is 65.9 Å². The van der Waals surface area contributed by atoms with Crippen LogP contribution < -0.4 is 14.5 Å². The maximum Gasteiger partial charge on any atom is 0.272 e. The number of hydrogen-bond donors (Lipinski definition) is 0. The number of carbonyl (C=O) groups is 2. The number of carbonyl (C=O) groups excluding carboxylic acids is 2. The molecule has 1 aliphatic rings. The van der Waals surface area contributed by atoms with Crippen LogP contribution in [0.15, 0.2) is 72.8 Å². The Labute approximate surface area is 196 Å². The number of ether oxygens (including phenoxy) is 1. The molecule has 2 heterocycles. The average Bonchev–Trinajstić information content (AvgIpc) is 3.27. The van der Waals surface area contributed by atoms with Crippen molar-refractivity contribution in [2.24, 2.45) is 0 Å². The Bertz CT molecular complexity index is 1340. The minimum absolute atomic E-state index is 0.131. The van der Waals surface area contributed by atoms with Gasteiger partial charge in [0.1, 0.15) is 5.75 Å². The number of thiazole rings is 1. The molecular formula is C26H23N3O3S. The third kappa shape index (κ3) is 4.07. The number of benzene rings is 3. The van der Waals surface area contributed by atoms with Crippen LogP contribution in [0.4, 0.5) is 10.8 Å². The molecule has 0 radical (unpaired) electrons. The van der Waals surface area contributed by atoms with E-state index in [9.17, 15) is 9.59 Å². The first-order chi connectivity index (χ1) is 16.0. The quantitative estimate of drug-likeness (QED) is 0.435. The lowest BCUT2D eigenvalue weighted by atomic mass is 10.1. The first-order valence-electron chi connectivity index (χ1n) is 10.8. The van der Waals surface area contributed by atoms with E-state index in [2.05, 4.69) is 0 Å². The highest BCUT2D eigenvalue weighted by atomic mass is 32.1. The van der Waals surface area contributed by atoms with E-state index >= 15 is 0 Å². The normalized spacial score (nSPS) is 15.1. The smallest absolute Gasteiger partial charge is 0.272 e. The van der Waals surface area contributed by atoms with Crippen molar-refractivity contribution < 1.29 is 14.3 Å². The fourth-order valence-electron chi connectivity index (χ4n) is 4.03. The van der Waals surface area contributed by atoms with Crippen molar-refractivity contribution in [2.45, 2.75) is 26.5 Å². The summed E-state index contributed by atoms with van der Waals surface area (Å²) < 4.78 is 7.13. The molecule has 0 fully saturated rings. The maximum atomic E-state index is 13.9. The van der Waals surface area contributed by atoms with E-state index in [-0.39, 0.29) is 18.4 Å². The number of hydrogen-bond acceptors (Lipinski definition) is 5. The van der Waals surface area contributed by atoms with Gasteiger partial charge in [-0.15, -0.1) is 0 Å². The molecule has 0 aliphatic carbocycles. The summed E-state index contributed by atoms with van der Waals surface area (Å²) in [7, 11) is 0. The van der Waals surface area contributed by atoms with Crippen LogP contribution >= 0.6 is 11.3 Å². The third-order valence-electron chi connectivity index (χ3n) is 5.72. The molecule has 3 aromatic carbocycles. The number of para-hydroxylation sites is 3. The maximum absolute atomic E-state index is 13.9. The summed E-state index contributed by atoms with van der Waals surface area (Å²) in [5.74, 6) is 0.169. The summed E-state index contributed by atoms with van der Waals surface area (Å²) in [6.45, 7) is 4.03. The van der Waals surface area contributed by atoms with E-state index in [1.54, 1.807) is 15.9 Å². The molecule has 1 unspecified atom stereocenters. The predicted octanol–water partition coefficient (Wildman–Crippen LogP) is 4.95. The molecule has 4 aromatic rings. The van der Waals surface area contributed by atoms with Crippen molar-refractivity contribution in [2.75, 3.05) is 16.3 Å². The zero-order valence-corrected chi connectivity index (χ0v) is 19.2. The molecule has 166 valence electrons. The van der Waals surface area contributed by atoms with Crippen LogP contribution in [-0.2, 0) is 16.1 Å². The molecule has 1 aromatic heterocycles. The molecule has 0 bridgehead atoms. The summed E-state index contributed by atoms with van der Waals surface area (Å²) >= 11 is 1.48. The Morgan fingerprint density at radius 2 is 1.82 bits per heavy atom. The van der Waals surface area contributed by atoms with Crippen LogP contribution in [0.5, 0.6) is 5.75 Å². The SMILES string of the molecule is CC(=O)N1CC(C(=O)N(Cc2ccccc2)c2nc3c(C)cccc3s2)Oc2ccccc21. The minimum Gasteiger partial charge on any atom is -0.476 e. The summed E-state index contributed by atoms with van der Waals surface area (Å²) in [5.41, 5.74) is 3.62. The summed E-state index contributed by atoms with van der Waals surface area (Å²) in [4.78, 5) is 34.3. The summed E-state index contributed by atoms with van der Waals surface area (Å²) in [5, 5.41) is 0.616. The summed E-state index contributed by atoms with van der Waals surface area (Å²) in [6.07, 6.45) is -0.833. The predicted molar refractivity (Wildman–Crippen MR) is 131 cm³/mol. The van der Waals surface area contributed by atoms with Crippen molar-refractivity contribution in [3.8, 4) is 5.75 Å². The van der Waals surface area contributed by atoms with Crippen LogP contribution in [-0.4, -0.2) is 29.4 Å². The van der Waals surface area contributed by atoms with Crippen LogP contribution in [0.3, 0.4) is 0 Å². The Morgan fingerprint density at radius 3 is 2.58 bits per heavy atom. The van der Waals surface area contributed by atoms with Crippen LogP contribution in [0.1, 0.15) is 18.1 Å². The average molecular weight is 458 g/mol. The van der Waals surface area contributed by atoms with Gasteiger partial charge in [0.05, 0.1) is 29.0 Å². The Hall–Kier alpha value is -3.71. The van der Waals surface area contributed by atoms with Crippen LogP contribution in [0.2, 0.25) is 0 Å². The van der Waals surface area contributed by atoms with Gasteiger partial charge in [-0.05, 0) is 36.2 Å². The molecule has 5 rings (SSSR count). The van der Waals surface area contributed by atoms with Gasteiger partial charge in [0, 0.05) is 6.92 Å². The molecule has 0 saturated heterocycles. The largest absolute Gasteiger partial charge is 0.476 e. The molecule has 2 amide bonds. The lowest BCUT2D eigenvalue weighted by Gasteiger charge is -2.35. The Balaban J connectivity index is 1.54. The lowest BCUT2D eigenvalue weighted by Crippen LogP contribution is -2.51. The molecule has 0 spiro atoms. The highest BCUT2D eigenvalue weighted by Gasteiger charge is 2.36. The molecule has 33 heavy (non-hydrogen) atoms. The first-order valence-corrected chi connectivity index (χ1v) is 11.6. The van der Waals surface area contributed by atoms with Gasteiger partial charge in [-0.3, -0.25) is 14.5 Å². The fraction of sp³-hybridized carbons (Fsp3) is 0.192. The number of aryl methyl sites for hydroxylation is 1. The number of rotatable bonds is 4. The minimum atomic E-state index is -0.833. The van der Waals surface area contributed by atoms with E-state index in [0.29, 0.717) is 23.1 Å². The van der Waals surface area contributed by atoms with Gasteiger partial charge in [0.25, 0.3) is 5.91 Å². The van der Waals surface area contributed by atoms with Gasteiger partial charge >= 0.3 is 0 Å². The third-order valence-corrected chi connectivity index (χ3v) is 6.76. The second-order valence-corrected chi connectivity index (χ2v) is 9.04. The second-order valence-electron chi connectivity index (χ2n) is 8.03. The van der Waals surface area contributed by atoms with E-state index < -0.39 is 6.10 Å². The molecule has 0 N–H and O–H groups in total. The fourth-order valence-corrected chi connectivity index (χ4v) is 5.08. The van der Waals surface area contributed by atoms with Crippen molar-refractivity contribution >= 4 is 44.2 Å². The highest BCUT2D eigenvalue weighted by Crippen LogP contribution is 2.36. The number of fused-ring (bicyclic) bond motifs is 2. The molecular weight excluding hydrogens is 434 g/mol. The Morgan fingerprint density at radius 1 is 1.06 bits per heavy atom. The summed E-state index contributed by atoms with van der Waals surface area (Å²) in [6, 6.07) is 23.1. The highest BCUT2D eigenvalue weighted by molar-refractivity contribution is 7.22. The monoisotopic (exact) mass is 457 g/mol. The number of nitrogens with zero attached hydrogens (tertiary/aromatic N) is 3. The van der Waals surface area contributed by atoms with Crippen molar-refractivity contribution in [3.63, 3.8) is 0 Å². The van der Waals surface area contributed by atoms with Gasteiger partial charge in [-0.2, -0.15) is 0 Å². The molecule has 6 nitrogen and oxygen atoms in total. The van der Waals surface area contributed by atoms with E-state index in [4.69, 9.17) is 9.72 Å². The molecule has 1 atom stereocenters. The van der Waals surface area contributed by atoms with Crippen LogP contribution in [0, 0.1) is 6.92 Å². The topological polar surface area (TPSA) is 62.7 Å². The van der Waals surface area contributed by atoms with E-state index in [1.807, 2.05) is 73.7 Å². The van der Waals surface area contributed by atoms with E-state index in [0.717, 1.165) is 21.3 Å². The van der Waals surface area contributed by atoms with Gasteiger partial charge in [0.15, 0.2) is 11.2 Å². The van der Waals surface area contributed by atoms with Gasteiger partial charge < -0.3 is 9.64 Å². The van der Waals surface area contributed by atoms with Crippen molar-refractivity contribution in [1.29, 1.82) is 0 Å². The van der Waals surface area contributed by atoms with E-state index in [1.165, 1.54) is 18.3 Å². The Kier molecular flexibility index (Phi) is 5.56. The number of amides is 2. The zero-order valence-electron chi connectivity index (χ0n) is 18.4. The lowest BCUT2D eigenvalue weighted by molar-refractivity contribution is -0.125. The van der Waals surface area contributed by atoms with Gasteiger partial charge in [-0.25, -0.2) is 4.98 Å². The number of anilines is 2. The standard InChI is InChI=1S/C26H23N3O3S/c1-17-9-8-14-23-24(17)27-26(33-23)29(15-19-10-4-3-5-11-19)25(31)22-16-28(18(2)30)20-12-6-7-13-21(20)32-22/h3-14,22H,15-16H2,1-2H3. The van der Waals surface area contributed by atoms with Crippen LogP contribution in [0.25, 0.3) is 10.2 Å². The van der Waals surface area contributed by atoms with Crippen molar-refractivity contribution in [1.82, 2.24) is 4.98 Å². The first kappa shape index (κ1) is 21.2. The molecule has 0 saturated carbocycles.